The fraction of sp³-hybridized carbons (Fsp3) is 0.500. The summed E-state index contributed by atoms with van der Waals surface area (Å²) in [5, 5.41) is 0. The molecule has 0 saturated heterocycles. The Bertz CT molecular complexity index is 377. The molecule has 0 spiro atoms. The highest BCUT2D eigenvalue weighted by atomic mass is 35.5. The summed E-state index contributed by atoms with van der Waals surface area (Å²) in [5.74, 6) is 1.08. The number of fused-ring (bicyclic) bond motifs is 1. The first-order valence-electron chi connectivity index (χ1n) is 5.23. The van der Waals surface area contributed by atoms with Crippen molar-refractivity contribution >= 4 is 12.4 Å². The lowest BCUT2D eigenvalue weighted by atomic mass is 10.1. The third kappa shape index (κ3) is 2.80. The summed E-state index contributed by atoms with van der Waals surface area (Å²) in [6, 6.07) is 6.15. The van der Waals surface area contributed by atoms with Crippen LogP contribution in [0.5, 0.6) is 11.5 Å². The van der Waals surface area contributed by atoms with E-state index in [1.165, 1.54) is 5.56 Å². The Labute approximate surface area is 102 Å². The van der Waals surface area contributed by atoms with Crippen molar-refractivity contribution in [1.29, 1.82) is 0 Å². The summed E-state index contributed by atoms with van der Waals surface area (Å²) in [6.45, 7) is 5.80. The zero-order valence-electron chi connectivity index (χ0n) is 9.82. The minimum Gasteiger partial charge on any atom is -0.449 e. The quantitative estimate of drug-likeness (QED) is 0.868. The van der Waals surface area contributed by atoms with Crippen LogP contribution in [0.3, 0.4) is 0 Å². The van der Waals surface area contributed by atoms with E-state index in [0.29, 0.717) is 0 Å². The third-order valence-electron chi connectivity index (χ3n) is 2.28. The predicted octanol–water partition coefficient (Wildman–Crippen LogP) is 2.51. The molecule has 1 aromatic rings. The Morgan fingerprint density at radius 1 is 1.25 bits per heavy atom. The van der Waals surface area contributed by atoms with Crippen LogP contribution in [0.4, 0.5) is 0 Å². The molecule has 2 N–H and O–H groups in total. The van der Waals surface area contributed by atoms with Crippen molar-refractivity contribution in [2.24, 2.45) is 5.73 Å². The van der Waals surface area contributed by atoms with Crippen molar-refractivity contribution in [3.8, 4) is 11.5 Å². The predicted molar refractivity (Wildman–Crippen MR) is 66.4 cm³/mol. The van der Waals surface area contributed by atoms with Crippen LogP contribution in [-0.2, 0) is 6.42 Å². The van der Waals surface area contributed by atoms with E-state index in [4.69, 9.17) is 15.2 Å². The average molecular weight is 244 g/mol. The summed E-state index contributed by atoms with van der Waals surface area (Å²) >= 11 is 0. The standard InChI is InChI=1S/C12H17NO2.ClH/c1-8(13)6-9-4-5-10-11(7-9)15-12(2,3)14-10;/h4-5,7-8H,6,13H2,1-3H3;1H. The van der Waals surface area contributed by atoms with Crippen LogP contribution < -0.4 is 15.2 Å². The number of rotatable bonds is 2. The SMILES string of the molecule is CC(N)Cc1ccc2c(c1)OC(C)(C)O2.Cl. The van der Waals surface area contributed by atoms with Crippen molar-refractivity contribution < 1.29 is 9.47 Å². The normalized spacial score (nSPS) is 17.8. The minimum absolute atomic E-state index is 0. The first-order valence-corrected chi connectivity index (χ1v) is 5.23. The molecule has 16 heavy (non-hydrogen) atoms. The van der Waals surface area contributed by atoms with Gasteiger partial charge in [0.25, 0.3) is 0 Å². The van der Waals surface area contributed by atoms with Gasteiger partial charge in [-0.25, -0.2) is 0 Å². The lowest BCUT2D eigenvalue weighted by molar-refractivity contribution is -0.0431. The van der Waals surface area contributed by atoms with E-state index in [9.17, 15) is 0 Å². The Balaban J connectivity index is 0.00000128. The van der Waals surface area contributed by atoms with Crippen LogP contribution in [0.1, 0.15) is 26.3 Å². The van der Waals surface area contributed by atoms with E-state index in [-0.39, 0.29) is 18.4 Å². The van der Waals surface area contributed by atoms with Crippen molar-refractivity contribution in [2.75, 3.05) is 0 Å². The molecule has 1 atom stereocenters. The minimum atomic E-state index is -0.546. The molecule has 0 fully saturated rings. The molecule has 0 aliphatic carbocycles. The lowest BCUT2D eigenvalue weighted by Gasteiger charge is -2.16. The van der Waals surface area contributed by atoms with Gasteiger partial charge in [-0.15, -0.1) is 12.4 Å². The lowest BCUT2D eigenvalue weighted by Crippen LogP contribution is -2.29. The molecule has 4 heteroatoms. The van der Waals surface area contributed by atoms with Gasteiger partial charge in [0.05, 0.1) is 0 Å². The topological polar surface area (TPSA) is 44.5 Å². The number of nitrogens with two attached hydrogens (primary N) is 1. The van der Waals surface area contributed by atoms with Gasteiger partial charge in [0.15, 0.2) is 11.5 Å². The monoisotopic (exact) mass is 243 g/mol. The first kappa shape index (κ1) is 13.1. The second kappa shape index (κ2) is 4.52. The molecule has 1 heterocycles. The molecule has 0 aromatic heterocycles. The van der Waals surface area contributed by atoms with Crippen molar-refractivity contribution in [1.82, 2.24) is 0 Å². The number of hydrogen-bond acceptors (Lipinski definition) is 3. The smallest absolute Gasteiger partial charge is 0.246 e. The van der Waals surface area contributed by atoms with Crippen LogP contribution in [-0.4, -0.2) is 11.8 Å². The van der Waals surface area contributed by atoms with E-state index in [0.717, 1.165) is 17.9 Å². The Morgan fingerprint density at radius 3 is 2.50 bits per heavy atom. The Kier molecular flexibility index (Phi) is 3.71. The van der Waals surface area contributed by atoms with E-state index >= 15 is 0 Å². The van der Waals surface area contributed by atoms with E-state index in [1.807, 2.05) is 39.0 Å². The number of halogens is 1. The molecule has 1 aromatic carbocycles. The molecule has 0 saturated carbocycles. The Hall–Kier alpha value is -0.930. The number of hydrogen-bond donors (Lipinski definition) is 1. The molecule has 1 aliphatic rings. The van der Waals surface area contributed by atoms with Crippen LogP contribution in [0.15, 0.2) is 18.2 Å². The number of ether oxygens (including phenoxy) is 2. The first-order chi connectivity index (χ1) is 6.96. The van der Waals surface area contributed by atoms with Crippen LogP contribution in [0, 0.1) is 0 Å². The highest BCUT2D eigenvalue weighted by Crippen LogP contribution is 2.39. The van der Waals surface area contributed by atoms with Gasteiger partial charge in [0, 0.05) is 19.9 Å². The molecular formula is C12H18ClNO2. The van der Waals surface area contributed by atoms with Gasteiger partial charge < -0.3 is 15.2 Å². The van der Waals surface area contributed by atoms with Gasteiger partial charge in [-0.05, 0) is 31.0 Å². The summed E-state index contributed by atoms with van der Waals surface area (Å²) in [4.78, 5) is 0. The van der Waals surface area contributed by atoms with Crippen molar-refractivity contribution in [2.45, 2.75) is 39.0 Å². The van der Waals surface area contributed by atoms with Crippen LogP contribution in [0.2, 0.25) is 0 Å². The van der Waals surface area contributed by atoms with E-state index < -0.39 is 5.79 Å². The van der Waals surface area contributed by atoms with Crippen LogP contribution in [0.25, 0.3) is 0 Å². The fourth-order valence-electron chi connectivity index (χ4n) is 1.77. The number of benzene rings is 1. The second-order valence-corrected chi connectivity index (χ2v) is 4.57. The maximum atomic E-state index is 5.75. The highest BCUT2D eigenvalue weighted by molar-refractivity contribution is 5.85. The van der Waals surface area contributed by atoms with Gasteiger partial charge >= 0.3 is 0 Å². The van der Waals surface area contributed by atoms with E-state index in [1.54, 1.807) is 0 Å². The molecule has 90 valence electrons. The molecule has 1 unspecified atom stereocenters. The molecule has 0 radical (unpaired) electrons. The van der Waals surface area contributed by atoms with Crippen molar-refractivity contribution in [3.63, 3.8) is 0 Å². The van der Waals surface area contributed by atoms with Gasteiger partial charge in [0.1, 0.15) is 0 Å². The third-order valence-corrected chi connectivity index (χ3v) is 2.28. The highest BCUT2D eigenvalue weighted by Gasteiger charge is 2.31. The molecule has 2 rings (SSSR count). The second-order valence-electron chi connectivity index (χ2n) is 4.57. The summed E-state index contributed by atoms with van der Waals surface area (Å²) in [7, 11) is 0. The van der Waals surface area contributed by atoms with Gasteiger partial charge in [-0.2, -0.15) is 0 Å². The molecule has 0 amide bonds. The molecular weight excluding hydrogens is 226 g/mol. The summed E-state index contributed by atoms with van der Waals surface area (Å²) in [5.41, 5.74) is 6.94. The molecule has 0 bridgehead atoms. The van der Waals surface area contributed by atoms with Gasteiger partial charge in [-0.1, -0.05) is 6.07 Å². The largest absolute Gasteiger partial charge is 0.449 e. The van der Waals surface area contributed by atoms with E-state index in [2.05, 4.69) is 0 Å². The average Bonchev–Trinajstić information content (AvgIpc) is 2.36. The maximum absolute atomic E-state index is 5.75. The maximum Gasteiger partial charge on any atom is 0.246 e. The van der Waals surface area contributed by atoms with Gasteiger partial charge in [-0.3, -0.25) is 0 Å². The molecule has 3 nitrogen and oxygen atoms in total. The zero-order valence-corrected chi connectivity index (χ0v) is 10.6. The zero-order chi connectivity index (χ0) is 11.1. The summed E-state index contributed by atoms with van der Waals surface area (Å²) < 4.78 is 11.3. The van der Waals surface area contributed by atoms with Crippen LogP contribution >= 0.6 is 12.4 Å². The molecule has 1 aliphatic heterocycles. The fourth-order valence-corrected chi connectivity index (χ4v) is 1.77. The van der Waals surface area contributed by atoms with Crippen molar-refractivity contribution in [3.05, 3.63) is 23.8 Å². The summed E-state index contributed by atoms with van der Waals surface area (Å²) in [6.07, 6.45) is 0.858. The Morgan fingerprint density at radius 2 is 1.88 bits per heavy atom. The van der Waals surface area contributed by atoms with Gasteiger partial charge in [0.2, 0.25) is 5.79 Å².